The lowest BCUT2D eigenvalue weighted by Crippen LogP contribution is -2.11. The van der Waals surface area contributed by atoms with Gasteiger partial charge in [-0.1, -0.05) is 18.2 Å². The van der Waals surface area contributed by atoms with Crippen LogP contribution < -0.4 is 10.5 Å². The Hall–Kier alpha value is -5.06. The molecule has 7 nitrogen and oxygen atoms in total. The summed E-state index contributed by atoms with van der Waals surface area (Å²) in [4.78, 5) is 22.1. The van der Waals surface area contributed by atoms with Crippen LogP contribution in [0.5, 0.6) is 5.75 Å². The van der Waals surface area contributed by atoms with E-state index in [4.69, 9.17) is 10.5 Å². The number of halogens is 4. The second-order valence-corrected chi connectivity index (χ2v) is 9.39. The van der Waals surface area contributed by atoms with Crippen molar-refractivity contribution in [3.05, 3.63) is 106 Å². The minimum Gasteiger partial charge on any atom is -0.491 e. The van der Waals surface area contributed by atoms with E-state index >= 15 is 0 Å². The highest BCUT2D eigenvalue weighted by atomic mass is 19.1. The van der Waals surface area contributed by atoms with Crippen LogP contribution in [0.15, 0.2) is 66.5 Å². The molecule has 11 heteroatoms. The number of carbonyl (C=O) groups excluding carboxylic acids is 1. The highest BCUT2D eigenvalue weighted by Gasteiger charge is 2.24. The lowest BCUT2D eigenvalue weighted by Gasteiger charge is -2.14. The van der Waals surface area contributed by atoms with Gasteiger partial charge < -0.3 is 10.5 Å². The molecule has 2 heterocycles. The highest BCUT2D eigenvalue weighted by Crippen LogP contribution is 2.35. The molecule has 0 saturated heterocycles. The van der Waals surface area contributed by atoms with Crippen molar-refractivity contribution >= 4 is 28.2 Å². The minimum absolute atomic E-state index is 0.0198. The average molecular weight is 562 g/mol. The maximum absolute atomic E-state index is 14.6. The molecule has 0 amide bonds. The van der Waals surface area contributed by atoms with Crippen molar-refractivity contribution in [3.63, 3.8) is 0 Å². The van der Waals surface area contributed by atoms with Crippen molar-refractivity contribution in [3.8, 4) is 17.0 Å². The van der Waals surface area contributed by atoms with E-state index in [1.807, 2.05) is 0 Å². The third-order valence-corrected chi connectivity index (χ3v) is 6.63. The Kier molecular flexibility index (Phi) is 7.27. The number of allylic oxidation sites excluding steroid dienone is 2. The molecule has 2 N–H and O–H groups in total. The van der Waals surface area contributed by atoms with Crippen LogP contribution in [0.3, 0.4) is 0 Å². The molecule has 41 heavy (non-hydrogen) atoms. The number of nitrogens with zero attached hydrogens (tertiary/aromatic N) is 4. The monoisotopic (exact) mass is 561 g/mol. The number of anilines is 1. The number of hydrogen-bond donors (Lipinski definition) is 1. The van der Waals surface area contributed by atoms with Gasteiger partial charge in [0.05, 0.1) is 19.0 Å². The van der Waals surface area contributed by atoms with E-state index in [0.717, 1.165) is 25.3 Å². The van der Waals surface area contributed by atoms with Crippen molar-refractivity contribution in [1.82, 2.24) is 19.7 Å². The van der Waals surface area contributed by atoms with Gasteiger partial charge in [-0.25, -0.2) is 32.2 Å². The van der Waals surface area contributed by atoms with Gasteiger partial charge in [-0.2, -0.15) is 5.10 Å². The quantitative estimate of drug-likeness (QED) is 0.142. The van der Waals surface area contributed by atoms with Gasteiger partial charge in [0.25, 0.3) is 0 Å². The number of hydrogen-bond acceptors (Lipinski definition) is 6. The van der Waals surface area contributed by atoms with Crippen LogP contribution >= 0.6 is 0 Å². The van der Waals surface area contributed by atoms with Gasteiger partial charge in [0.15, 0.2) is 28.8 Å². The molecule has 2 aromatic heterocycles. The topological polar surface area (TPSA) is 95.9 Å². The van der Waals surface area contributed by atoms with Crippen molar-refractivity contribution < 1.29 is 27.1 Å². The number of aryl methyl sites for hydroxylation is 1. The second-order valence-electron chi connectivity index (χ2n) is 9.39. The zero-order valence-electron chi connectivity index (χ0n) is 22.2. The maximum atomic E-state index is 14.6. The minimum atomic E-state index is -0.943. The first kappa shape index (κ1) is 27.5. The van der Waals surface area contributed by atoms with Gasteiger partial charge in [-0.05, 0) is 66.9 Å². The van der Waals surface area contributed by atoms with Crippen molar-refractivity contribution in [2.24, 2.45) is 0 Å². The third-order valence-electron chi connectivity index (χ3n) is 6.63. The first-order chi connectivity index (χ1) is 19.6. The first-order valence-electron chi connectivity index (χ1n) is 12.4. The molecule has 0 spiro atoms. The molecule has 5 aromatic rings. The molecule has 5 rings (SSSR count). The van der Waals surface area contributed by atoms with Crippen LogP contribution in [-0.4, -0.2) is 32.6 Å². The number of ether oxygens (including phenoxy) is 1. The number of nitrogen functional groups attached to an aromatic ring is 1. The largest absolute Gasteiger partial charge is 0.491 e. The number of fused-ring (bicyclic) bond motifs is 1. The van der Waals surface area contributed by atoms with Crippen molar-refractivity contribution in [2.75, 3.05) is 12.8 Å². The molecule has 0 fully saturated rings. The lowest BCUT2D eigenvalue weighted by atomic mass is 9.90. The zero-order chi connectivity index (χ0) is 29.4. The Bertz CT molecular complexity index is 1840. The predicted octanol–water partition coefficient (Wildman–Crippen LogP) is 6.31. The summed E-state index contributed by atoms with van der Waals surface area (Å²) >= 11 is 0. The Morgan fingerprint density at radius 1 is 0.976 bits per heavy atom. The van der Waals surface area contributed by atoms with E-state index in [1.165, 1.54) is 41.3 Å². The van der Waals surface area contributed by atoms with Gasteiger partial charge in [0, 0.05) is 16.7 Å². The molecular weight excluding hydrogens is 538 g/mol. The molecule has 208 valence electrons. The summed E-state index contributed by atoms with van der Waals surface area (Å²) in [5, 5.41) is 4.78. The molecule has 0 aliphatic carbocycles. The summed E-state index contributed by atoms with van der Waals surface area (Å²) in [6.45, 7) is 3.27. The first-order valence-corrected chi connectivity index (χ1v) is 12.4. The molecule has 0 atom stereocenters. The number of Topliss-reactive ketones (excluding diaryl/α,β-unsaturated/α-hetero) is 1. The van der Waals surface area contributed by atoms with Crippen LogP contribution in [0.1, 0.15) is 28.4 Å². The summed E-state index contributed by atoms with van der Waals surface area (Å²) in [6.07, 6.45) is 1.21. The summed E-state index contributed by atoms with van der Waals surface area (Å²) in [5.41, 5.74) is 8.03. The molecule has 0 aliphatic heterocycles. The smallest absolute Gasteiger partial charge is 0.194 e. The lowest BCUT2D eigenvalue weighted by molar-refractivity contribution is 0.105. The van der Waals surface area contributed by atoms with Crippen LogP contribution in [0, 0.1) is 30.2 Å². The number of benzene rings is 3. The van der Waals surface area contributed by atoms with E-state index < -0.39 is 34.8 Å². The van der Waals surface area contributed by atoms with Gasteiger partial charge in [-0.15, -0.1) is 0 Å². The molecular formula is C30H23F4N5O2. The van der Waals surface area contributed by atoms with Crippen LogP contribution in [0.4, 0.5) is 23.4 Å². The van der Waals surface area contributed by atoms with E-state index in [2.05, 4.69) is 15.1 Å². The summed E-state index contributed by atoms with van der Waals surface area (Å²) < 4.78 is 63.8. The summed E-state index contributed by atoms with van der Waals surface area (Å²) in [7, 11) is 1.15. The molecule has 0 bridgehead atoms. The molecule has 0 radical (unpaired) electrons. The SMILES string of the molecule is COc1c(F)cc(-c2nn(C/C(C)=C(/C(=O)c3cc(F)ccc3C)c3cccc(F)c3)c3ncnc(N)c23)cc1F. The number of methoxy groups -OCH3 is 1. The average Bonchev–Trinajstić information content (AvgIpc) is 3.29. The van der Waals surface area contributed by atoms with E-state index in [-0.39, 0.29) is 51.4 Å². The Morgan fingerprint density at radius 3 is 2.37 bits per heavy atom. The van der Waals surface area contributed by atoms with Crippen LogP contribution in [0.25, 0.3) is 27.9 Å². The fourth-order valence-corrected chi connectivity index (χ4v) is 4.73. The van der Waals surface area contributed by atoms with Crippen molar-refractivity contribution in [2.45, 2.75) is 20.4 Å². The molecule has 0 aliphatic rings. The number of ketones is 1. The number of carbonyl (C=O) groups is 1. The van der Waals surface area contributed by atoms with Gasteiger partial charge in [0.1, 0.15) is 29.5 Å². The van der Waals surface area contributed by atoms with E-state index in [1.54, 1.807) is 19.9 Å². The van der Waals surface area contributed by atoms with E-state index in [9.17, 15) is 22.4 Å². The standard InChI is InChI=1S/C30H23F4N5O2/c1-15-7-8-20(32)12-21(15)27(40)24(17-5-4-6-19(31)9-17)16(2)13-39-30-25(29(35)36-14-37-30)26(38-39)18-10-22(33)28(41-3)23(34)11-18/h4-12,14H,13H2,1-3H3,(H2,35,36,37)/b24-16+. The normalized spacial score (nSPS) is 12.0. The fraction of sp³-hybridized carbons (Fsp3) is 0.133. The predicted molar refractivity (Wildman–Crippen MR) is 146 cm³/mol. The molecule has 3 aromatic carbocycles. The third kappa shape index (κ3) is 5.13. The number of nitrogens with two attached hydrogens (primary N) is 1. The Morgan fingerprint density at radius 2 is 1.68 bits per heavy atom. The number of rotatable bonds is 7. The van der Waals surface area contributed by atoms with Crippen LogP contribution in [0.2, 0.25) is 0 Å². The van der Waals surface area contributed by atoms with Crippen molar-refractivity contribution in [1.29, 1.82) is 0 Å². The number of aromatic nitrogens is 4. The Balaban J connectivity index is 1.70. The van der Waals surface area contributed by atoms with E-state index in [0.29, 0.717) is 11.1 Å². The van der Waals surface area contributed by atoms with Gasteiger partial charge in [0.2, 0.25) is 0 Å². The Labute approximate surface area is 231 Å². The second kappa shape index (κ2) is 10.8. The highest BCUT2D eigenvalue weighted by molar-refractivity contribution is 6.30. The summed E-state index contributed by atoms with van der Waals surface area (Å²) in [6, 6.07) is 11.5. The molecule has 0 unspecified atom stereocenters. The summed E-state index contributed by atoms with van der Waals surface area (Å²) in [5.74, 6) is -4.09. The molecule has 0 saturated carbocycles. The van der Waals surface area contributed by atoms with Gasteiger partial charge in [-0.3, -0.25) is 4.79 Å². The zero-order valence-corrected chi connectivity index (χ0v) is 22.2. The fourth-order valence-electron chi connectivity index (χ4n) is 4.73. The maximum Gasteiger partial charge on any atom is 0.194 e. The van der Waals surface area contributed by atoms with Crippen LogP contribution in [-0.2, 0) is 6.54 Å². The van der Waals surface area contributed by atoms with Gasteiger partial charge >= 0.3 is 0 Å².